The number of rotatable bonds is 14. The fourth-order valence-electron chi connectivity index (χ4n) is 6.01. The van der Waals surface area contributed by atoms with Crippen LogP contribution in [0.15, 0.2) is 54.7 Å². The fourth-order valence-corrected chi connectivity index (χ4v) is 6.01. The summed E-state index contributed by atoms with van der Waals surface area (Å²) < 4.78 is 0. The van der Waals surface area contributed by atoms with E-state index >= 15 is 0 Å². The lowest BCUT2D eigenvalue weighted by Crippen LogP contribution is -2.20. The van der Waals surface area contributed by atoms with E-state index in [9.17, 15) is 5.11 Å². The molecule has 0 aliphatic heterocycles. The SMILES string of the molecule is CCCCC1(CCCC)C=CC(c2cccc(O)c2C2=CCC(CCCC)(CCCC)C=C2)=CC1. The van der Waals surface area contributed by atoms with Gasteiger partial charge in [-0.25, -0.2) is 0 Å². The molecule has 192 valence electrons. The first-order valence-electron chi connectivity index (χ1n) is 14.6. The molecule has 1 heteroatoms. The Kier molecular flexibility index (Phi) is 10.5. The third-order valence-electron chi connectivity index (χ3n) is 8.44. The van der Waals surface area contributed by atoms with Crippen LogP contribution < -0.4 is 0 Å². The van der Waals surface area contributed by atoms with E-state index in [2.05, 4.69) is 70.2 Å². The van der Waals surface area contributed by atoms with E-state index < -0.39 is 0 Å². The molecule has 3 rings (SSSR count). The first-order valence-corrected chi connectivity index (χ1v) is 14.6. The molecule has 2 aliphatic carbocycles. The van der Waals surface area contributed by atoms with Gasteiger partial charge in [0.15, 0.2) is 0 Å². The van der Waals surface area contributed by atoms with Crippen LogP contribution in [0.25, 0.3) is 11.1 Å². The highest BCUT2D eigenvalue weighted by molar-refractivity contribution is 5.90. The molecular formula is C34H50O. The Labute approximate surface area is 216 Å². The Morgan fingerprint density at radius 3 is 1.51 bits per heavy atom. The van der Waals surface area contributed by atoms with E-state index in [1.807, 2.05) is 12.1 Å². The summed E-state index contributed by atoms with van der Waals surface area (Å²) in [6.45, 7) is 9.18. The van der Waals surface area contributed by atoms with E-state index in [1.165, 1.54) is 93.8 Å². The third-order valence-corrected chi connectivity index (χ3v) is 8.44. The zero-order chi connectivity index (χ0) is 25.2. The molecule has 1 nitrogen and oxygen atoms in total. The minimum absolute atomic E-state index is 0.294. The van der Waals surface area contributed by atoms with E-state index in [-0.39, 0.29) is 0 Å². The summed E-state index contributed by atoms with van der Waals surface area (Å²) in [4.78, 5) is 0. The minimum Gasteiger partial charge on any atom is -0.507 e. The standard InChI is InChI=1S/C34H50O/c1-5-9-20-33(21-10-6-2)24-16-28(17-25-33)30-14-13-15-31(35)32(30)29-18-26-34(27-19-29,22-11-7-3)23-12-8-4/h13-19,24,26,35H,5-12,20-23,25,27H2,1-4H3. The van der Waals surface area contributed by atoms with Crippen LogP contribution in [0, 0.1) is 10.8 Å². The second-order valence-electron chi connectivity index (χ2n) is 11.2. The van der Waals surface area contributed by atoms with Gasteiger partial charge in [-0.05, 0) is 72.1 Å². The van der Waals surface area contributed by atoms with E-state index in [0.29, 0.717) is 16.6 Å². The van der Waals surface area contributed by atoms with Gasteiger partial charge in [0, 0.05) is 5.56 Å². The van der Waals surface area contributed by atoms with Gasteiger partial charge in [-0.3, -0.25) is 0 Å². The summed E-state index contributed by atoms with van der Waals surface area (Å²) >= 11 is 0. The molecule has 0 spiro atoms. The molecule has 0 aromatic heterocycles. The van der Waals surface area contributed by atoms with Gasteiger partial charge < -0.3 is 5.11 Å². The summed E-state index contributed by atoms with van der Waals surface area (Å²) in [5, 5.41) is 11.0. The first kappa shape index (κ1) is 27.6. The molecule has 0 saturated heterocycles. The molecular weight excluding hydrogens is 424 g/mol. The van der Waals surface area contributed by atoms with Crippen LogP contribution in [0.1, 0.15) is 129 Å². The predicted molar refractivity (Wildman–Crippen MR) is 155 cm³/mol. The molecule has 1 aromatic carbocycles. The van der Waals surface area contributed by atoms with Crippen molar-refractivity contribution in [3.63, 3.8) is 0 Å². The molecule has 1 N–H and O–H groups in total. The molecule has 35 heavy (non-hydrogen) atoms. The molecule has 0 amide bonds. The molecule has 0 bridgehead atoms. The Bertz CT molecular complexity index is 910. The smallest absolute Gasteiger partial charge is 0.124 e. The second-order valence-corrected chi connectivity index (χ2v) is 11.2. The number of benzene rings is 1. The van der Waals surface area contributed by atoms with Gasteiger partial charge in [0.2, 0.25) is 0 Å². The van der Waals surface area contributed by atoms with Gasteiger partial charge in [0.1, 0.15) is 5.75 Å². The maximum atomic E-state index is 11.0. The van der Waals surface area contributed by atoms with Crippen molar-refractivity contribution in [3.05, 3.63) is 65.8 Å². The van der Waals surface area contributed by atoms with Crippen LogP contribution in [0.5, 0.6) is 5.75 Å². The number of hydrogen-bond acceptors (Lipinski definition) is 1. The van der Waals surface area contributed by atoms with Crippen LogP contribution in [-0.4, -0.2) is 5.11 Å². The van der Waals surface area contributed by atoms with Crippen LogP contribution in [-0.2, 0) is 0 Å². The van der Waals surface area contributed by atoms with E-state index in [4.69, 9.17) is 0 Å². The summed E-state index contributed by atoms with van der Waals surface area (Å²) in [5.41, 5.74) is 5.24. The third kappa shape index (κ3) is 7.02. The molecule has 0 heterocycles. The Hall–Kier alpha value is -2.02. The lowest BCUT2D eigenvalue weighted by Gasteiger charge is -2.34. The Balaban J connectivity index is 1.86. The van der Waals surface area contributed by atoms with Gasteiger partial charge in [-0.1, -0.05) is 128 Å². The lowest BCUT2D eigenvalue weighted by molar-refractivity contribution is 0.304. The normalized spacial score (nSPS) is 18.4. The van der Waals surface area contributed by atoms with Crippen LogP contribution in [0.2, 0.25) is 0 Å². The topological polar surface area (TPSA) is 20.2 Å². The number of phenolic OH excluding ortho intramolecular Hbond substituents is 1. The quantitative estimate of drug-likeness (QED) is 0.284. The van der Waals surface area contributed by atoms with Crippen molar-refractivity contribution in [1.82, 2.24) is 0 Å². The van der Waals surface area contributed by atoms with Gasteiger partial charge >= 0.3 is 0 Å². The van der Waals surface area contributed by atoms with E-state index in [1.54, 1.807) is 0 Å². The molecule has 0 unspecified atom stereocenters. The maximum absolute atomic E-state index is 11.0. The molecule has 1 aromatic rings. The van der Waals surface area contributed by atoms with Gasteiger partial charge in [0.05, 0.1) is 0 Å². The van der Waals surface area contributed by atoms with Gasteiger partial charge in [0.25, 0.3) is 0 Å². The molecule has 0 fully saturated rings. The number of phenols is 1. The largest absolute Gasteiger partial charge is 0.507 e. The van der Waals surface area contributed by atoms with Crippen molar-refractivity contribution in [1.29, 1.82) is 0 Å². The maximum Gasteiger partial charge on any atom is 0.124 e. The average Bonchev–Trinajstić information content (AvgIpc) is 2.89. The van der Waals surface area contributed by atoms with Crippen LogP contribution in [0.3, 0.4) is 0 Å². The Morgan fingerprint density at radius 2 is 1.11 bits per heavy atom. The number of unbranched alkanes of at least 4 members (excludes halogenated alkanes) is 4. The zero-order valence-electron chi connectivity index (χ0n) is 23.0. The van der Waals surface area contributed by atoms with Gasteiger partial charge in [-0.15, -0.1) is 0 Å². The summed E-state index contributed by atoms with van der Waals surface area (Å²) in [6, 6.07) is 6.04. The highest BCUT2D eigenvalue weighted by Crippen LogP contribution is 2.46. The number of aromatic hydroxyl groups is 1. The minimum atomic E-state index is 0.294. The monoisotopic (exact) mass is 474 g/mol. The van der Waals surface area contributed by atoms with Crippen molar-refractivity contribution >= 4 is 11.1 Å². The summed E-state index contributed by atoms with van der Waals surface area (Å²) in [7, 11) is 0. The number of hydrogen-bond donors (Lipinski definition) is 1. The average molecular weight is 475 g/mol. The molecule has 2 aliphatic rings. The molecule has 0 radical (unpaired) electrons. The second kappa shape index (κ2) is 13.3. The lowest BCUT2D eigenvalue weighted by atomic mass is 9.71. The number of allylic oxidation sites excluding steroid dienone is 8. The first-order chi connectivity index (χ1) is 17.0. The summed E-state index contributed by atoms with van der Waals surface area (Å²) in [6.07, 6.45) is 32.0. The van der Waals surface area contributed by atoms with Crippen LogP contribution >= 0.6 is 0 Å². The zero-order valence-corrected chi connectivity index (χ0v) is 23.0. The van der Waals surface area contributed by atoms with Crippen LogP contribution in [0.4, 0.5) is 0 Å². The molecule has 0 atom stereocenters. The summed E-state index contributed by atoms with van der Waals surface area (Å²) in [5.74, 6) is 0.399. The van der Waals surface area contributed by atoms with Crippen molar-refractivity contribution in [3.8, 4) is 5.75 Å². The highest BCUT2D eigenvalue weighted by Gasteiger charge is 2.30. The van der Waals surface area contributed by atoms with Crippen molar-refractivity contribution in [2.24, 2.45) is 10.8 Å². The van der Waals surface area contributed by atoms with Crippen molar-refractivity contribution in [2.45, 2.75) is 118 Å². The fraction of sp³-hybridized carbons (Fsp3) is 0.588. The van der Waals surface area contributed by atoms with Gasteiger partial charge in [-0.2, -0.15) is 0 Å². The van der Waals surface area contributed by atoms with E-state index in [0.717, 1.165) is 18.4 Å². The van der Waals surface area contributed by atoms with Crippen molar-refractivity contribution in [2.75, 3.05) is 0 Å². The predicted octanol–water partition coefficient (Wildman–Crippen LogP) is 10.8. The molecule has 0 saturated carbocycles. The van der Waals surface area contributed by atoms with Crippen molar-refractivity contribution < 1.29 is 5.11 Å². The Morgan fingerprint density at radius 1 is 0.657 bits per heavy atom. The highest BCUT2D eigenvalue weighted by atomic mass is 16.3.